The van der Waals surface area contributed by atoms with Crippen LogP contribution in [0.25, 0.3) is 0 Å². The Morgan fingerprint density at radius 3 is 2.45 bits per heavy atom. The normalized spacial score (nSPS) is 38.5. The lowest BCUT2D eigenvalue weighted by molar-refractivity contribution is -0.909. The molecule has 1 rings (SSSR count). The fourth-order valence-corrected chi connectivity index (χ4v) is 1.76. The highest BCUT2D eigenvalue weighted by Gasteiger charge is 2.23. The molecule has 2 nitrogen and oxygen atoms in total. The van der Waals surface area contributed by atoms with Crippen molar-refractivity contribution in [2.75, 3.05) is 19.6 Å². The van der Waals surface area contributed by atoms with Crippen LogP contribution in [-0.2, 0) is 4.74 Å². The van der Waals surface area contributed by atoms with E-state index in [0.717, 1.165) is 19.6 Å². The van der Waals surface area contributed by atoms with Gasteiger partial charge >= 0.3 is 0 Å². The fraction of sp³-hybridized carbons (Fsp3) is 0.778. The molecule has 11 heavy (non-hydrogen) atoms. The van der Waals surface area contributed by atoms with Gasteiger partial charge in [-0.05, 0) is 19.9 Å². The molecule has 0 aromatic heterocycles. The maximum absolute atomic E-state index is 5.61. The minimum Gasteiger partial charge on any atom is -0.364 e. The third-order valence-electron chi connectivity index (χ3n) is 2.05. The molecule has 1 aliphatic heterocycles. The van der Waals surface area contributed by atoms with E-state index in [1.165, 1.54) is 0 Å². The number of ether oxygens (including phenoxy) is 1. The summed E-state index contributed by atoms with van der Waals surface area (Å²) in [5.41, 5.74) is 0. The molecular weight excluding hydrogens is 138 g/mol. The van der Waals surface area contributed by atoms with E-state index in [2.05, 4.69) is 20.4 Å². The molecule has 0 spiro atoms. The van der Waals surface area contributed by atoms with Gasteiger partial charge in [-0.1, -0.05) is 6.58 Å². The van der Waals surface area contributed by atoms with E-state index in [1.54, 1.807) is 4.90 Å². The quantitative estimate of drug-likeness (QED) is 0.550. The molecule has 0 aromatic carbocycles. The van der Waals surface area contributed by atoms with Gasteiger partial charge in [0.1, 0.15) is 25.3 Å². The summed E-state index contributed by atoms with van der Waals surface area (Å²) in [4.78, 5) is 1.59. The minimum atomic E-state index is 0.411. The first-order valence-electron chi connectivity index (χ1n) is 4.32. The second-order valence-electron chi connectivity index (χ2n) is 3.41. The van der Waals surface area contributed by atoms with Gasteiger partial charge in [-0.25, -0.2) is 0 Å². The third-order valence-corrected chi connectivity index (χ3v) is 2.05. The number of nitrogens with one attached hydrogen (secondary N) is 1. The zero-order valence-corrected chi connectivity index (χ0v) is 7.47. The van der Waals surface area contributed by atoms with Crippen LogP contribution in [0.3, 0.4) is 0 Å². The number of morpholine rings is 1. The van der Waals surface area contributed by atoms with Crippen LogP contribution in [0.15, 0.2) is 12.7 Å². The monoisotopic (exact) mass is 156 g/mol. The molecule has 0 saturated carbocycles. The van der Waals surface area contributed by atoms with E-state index < -0.39 is 0 Å². The van der Waals surface area contributed by atoms with Crippen molar-refractivity contribution >= 4 is 0 Å². The lowest BCUT2D eigenvalue weighted by Crippen LogP contribution is -3.15. The lowest BCUT2D eigenvalue weighted by atomic mass is 10.2. The molecule has 1 saturated heterocycles. The zero-order valence-electron chi connectivity index (χ0n) is 7.47. The van der Waals surface area contributed by atoms with Gasteiger partial charge in [0.2, 0.25) is 0 Å². The van der Waals surface area contributed by atoms with Crippen LogP contribution in [0.5, 0.6) is 0 Å². The number of quaternary nitrogens is 1. The van der Waals surface area contributed by atoms with Crippen molar-refractivity contribution in [1.82, 2.24) is 0 Å². The SMILES string of the molecule is C=CC[NH+]1CC(C)OC(C)C1. The van der Waals surface area contributed by atoms with E-state index in [-0.39, 0.29) is 0 Å². The Hall–Kier alpha value is -0.340. The summed E-state index contributed by atoms with van der Waals surface area (Å²) < 4.78 is 5.61. The van der Waals surface area contributed by atoms with Crippen LogP contribution in [0.4, 0.5) is 0 Å². The predicted molar refractivity (Wildman–Crippen MR) is 45.8 cm³/mol. The number of hydrogen-bond donors (Lipinski definition) is 1. The average Bonchev–Trinajstić information content (AvgIpc) is 1.85. The molecule has 1 heterocycles. The van der Waals surface area contributed by atoms with E-state index in [0.29, 0.717) is 12.2 Å². The molecule has 1 N–H and O–H groups in total. The van der Waals surface area contributed by atoms with Crippen molar-refractivity contribution in [3.63, 3.8) is 0 Å². The Morgan fingerprint density at radius 2 is 2.00 bits per heavy atom. The average molecular weight is 156 g/mol. The summed E-state index contributed by atoms with van der Waals surface area (Å²) >= 11 is 0. The Kier molecular flexibility index (Phi) is 3.09. The summed E-state index contributed by atoms with van der Waals surface area (Å²) in [6.07, 6.45) is 2.81. The second-order valence-corrected chi connectivity index (χ2v) is 3.41. The van der Waals surface area contributed by atoms with Crippen LogP contribution in [0, 0.1) is 0 Å². The van der Waals surface area contributed by atoms with Crippen LogP contribution < -0.4 is 4.90 Å². The van der Waals surface area contributed by atoms with Gasteiger partial charge < -0.3 is 9.64 Å². The Balaban J connectivity index is 2.36. The molecule has 2 unspecified atom stereocenters. The summed E-state index contributed by atoms with van der Waals surface area (Å²) in [6, 6.07) is 0. The van der Waals surface area contributed by atoms with E-state index in [1.807, 2.05) is 6.08 Å². The van der Waals surface area contributed by atoms with Gasteiger partial charge in [-0.2, -0.15) is 0 Å². The van der Waals surface area contributed by atoms with Crippen LogP contribution in [-0.4, -0.2) is 31.8 Å². The minimum absolute atomic E-state index is 0.411. The van der Waals surface area contributed by atoms with Crippen molar-refractivity contribution in [3.8, 4) is 0 Å². The molecule has 0 bridgehead atoms. The third kappa shape index (κ3) is 2.64. The molecule has 1 fully saturated rings. The molecule has 0 aromatic rings. The standard InChI is InChI=1S/C9H17NO/c1-4-5-10-6-8(2)11-9(3)7-10/h4,8-9H,1,5-7H2,2-3H3/p+1. The maximum Gasteiger partial charge on any atom is 0.104 e. The number of rotatable bonds is 2. The molecule has 0 aliphatic carbocycles. The largest absolute Gasteiger partial charge is 0.364 e. The molecular formula is C9H18NO+. The molecule has 0 radical (unpaired) electrons. The highest BCUT2D eigenvalue weighted by Crippen LogP contribution is 1.97. The first kappa shape index (κ1) is 8.75. The van der Waals surface area contributed by atoms with Gasteiger partial charge in [-0.15, -0.1) is 0 Å². The van der Waals surface area contributed by atoms with Crippen molar-refractivity contribution in [3.05, 3.63) is 12.7 Å². The van der Waals surface area contributed by atoms with Crippen molar-refractivity contribution in [2.45, 2.75) is 26.1 Å². The molecule has 0 amide bonds. The maximum atomic E-state index is 5.61. The van der Waals surface area contributed by atoms with Gasteiger partial charge in [0.25, 0.3) is 0 Å². The van der Waals surface area contributed by atoms with Crippen molar-refractivity contribution < 1.29 is 9.64 Å². The van der Waals surface area contributed by atoms with E-state index >= 15 is 0 Å². The van der Waals surface area contributed by atoms with Crippen LogP contribution in [0.2, 0.25) is 0 Å². The van der Waals surface area contributed by atoms with Gasteiger partial charge in [-0.3, -0.25) is 0 Å². The summed E-state index contributed by atoms with van der Waals surface area (Å²) in [7, 11) is 0. The molecule has 2 atom stereocenters. The number of hydrogen-bond acceptors (Lipinski definition) is 1. The zero-order chi connectivity index (χ0) is 8.27. The summed E-state index contributed by atoms with van der Waals surface area (Å²) in [6.45, 7) is 11.3. The highest BCUT2D eigenvalue weighted by molar-refractivity contribution is 4.66. The fourth-order valence-electron chi connectivity index (χ4n) is 1.76. The molecule has 64 valence electrons. The van der Waals surface area contributed by atoms with Gasteiger partial charge in [0.15, 0.2) is 0 Å². The van der Waals surface area contributed by atoms with Crippen LogP contribution in [0.1, 0.15) is 13.8 Å². The Bertz CT molecular complexity index is 126. The predicted octanol–water partition coefficient (Wildman–Crippen LogP) is -0.135. The van der Waals surface area contributed by atoms with Crippen molar-refractivity contribution in [1.29, 1.82) is 0 Å². The Morgan fingerprint density at radius 1 is 1.45 bits per heavy atom. The first-order valence-corrected chi connectivity index (χ1v) is 4.32. The highest BCUT2D eigenvalue weighted by atomic mass is 16.5. The summed E-state index contributed by atoms with van der Waals surface area (Å²) in [5, 5.41) is 0. The van der Waals surface area contributed by atoms with Gasteiger partial charge in [0.05, 0.1) is 6.54 Å². The smallest absolute Gasteiger partial charge is 0.104 e. The van der Waals surface area contributed by atoms with E-state index in [4.69, 9.17) is 4.74 Å². The van der Waals surface area contributed by atoms with Gasteiger partial charge in [0, 0.05) is 0 Å². The summed E-state index contributed by atoms with van der Waals surface area (Å²) in [5.74, 6) is 0. The molecule has 1 aliphatic rings. The molecule has 2 heteroatoms. The topological polar surface area (TPSA) is 13.7 Å². The van der Waals surface area contributed by atoms with Crippen LogP contribution >= 0.6 is 0 Å². The Labute approximate surface area is 68.8 Å². The first-order chi connectivity index (χ1) is 5.22. The van der Waals surface area contributed by atoms with Crippen molar-refractivity contribution in [2.24, 2.45) is 0 Å². The van der Waals surface area contributed by atoms with E-state index in [9.17, 15) is 0 Å². The second kappa shape index (κ2) is 3.88. The lowest BCUT2D eigenvalue weighted by Gasteiger charge is -2.31.